The molecule has 3 aromatic rings. The zero-order valence-corrected chi connectivity index (χ0v) is 17.5. The third kappa shape index (κ3) is 4.30. The van der Waals surface area contributed by atoms with Crippen molar-refractivity contribution in [1.29, 1.82) is 0 Å². The molecule has 0 aliphatic carbocycles. The van der Waals surface area contributed by atoms with Crippen LogP contribution in [-0.2, 0) is 22.5 Å². The fraction of sp³-hybridized carbons (Fsp3) is 0.174. The van der Waals surface area contributed by atoms with Crippen molar-refractivity contribution in [1.82, 2.24) is 4.90 Å². The Bertz CT molecular complexity index is 1110. The average molecular weight is 440 g/mol. The first kappa shape index (κ1) is 20.3. The molecule has 1 aliphatic rings. The summed E-state index contributed by atoms with van der Waals surface area (Å²) in [6.07, 6.45) is 0.811. The van der Waals surface area contributed by atoms with Crippen molar-refractivity contribution in [2.75, 3.05) is 13.2 Å². The van der Waals surface area contributed by atoms with Gasteiger partial charge in [0.2, 0.25) is 0 Å². The topological polar surface area (TPSA) is 63.7 Å². The number of ether oxygens (including phenoxy) is 1. The summed E-state index contributed by atoms with van der Waals surface area (Å²) in [4.78, 5) is 41.0. The molecule has 7 heteroatoms. The summed E-state index contributed by atoms with van der Waals surface area (Å²) in [5, 5.41) is 2.54. The van der Waals surface area contributed by atoms with Crippen molar-refractivity contribution in [3.63, 3.8) is 0 Å². The number of rotatable bonds is 5. The van der Waals surface area contributed by atoms with Crippen molar-refractivity contribution in [3.8, 4) is 0 Å². The Morgan fingerprint density at radius 3 is 2.50 bits per heavy atom. The molecular formula is C23H18ClNO4S. The van der Waals surface area contributed by atoms with E-state index in [4.69, 9.17) is 16.3 Å². The molecule has 0 saturated heterocycles. The maximum Gasteiger partial charge on any atom is 0.339 e. The molecule has 0 radical (unpaired) electrons. The lowest BCUT2D eigenvalue weighted by atomic mass is 9.98. The summed E-state index contributed by atoms with van der Waals surface area (Å²) in [6.45, 7) is 0.776. The normalized spacial score (nSPS) is 12.9. The van der Waals surface area contributed by atoms with Gasteiger partial charge in [-0.05, 0) is 53.8 Å². The highest BCUT2D eigenvalue weighted by Crippen LogP contribution is 2.24. The van der Waals surface area contributed by atoms with Crippen LogP contribution in [0.4, 0.5) is 0 Å². The van der Waals surface area contributed by atoms with Crippen LogP contribution in [0.3, 0.4) is 0 Å². The Balaban J connectivity index is 1.43. The summed E-state index contributed by atoms with van der Waals surface area (Å²) < 4.78 is 5.26. The van der Waals surface area contributed by atoms with E-state index in [1.54, 1.807) is 58.7 Å². The third-order valence-corrected chi connectivity index (χ3v) is 6.26. The number of halogens is 1. The van der Waals surface area contributed by atoms with E-state index in [2.05, 4.69) is 0 Å². The lowest BCUT2D eigenvalue weighted by molar-refractivity contribution is -0.135. The molecule has 0 unspecified atom stereocenters. The van der Waals surface area contributed by atoms with Crippen LogP contribution in [0.15, 0.2) is 60.0 Å². The molecule has 4 rings (SSSR count). The first-order chi connectivity index (χ1) is 14.5. The van der Waals surface area contributed by atoms with E-state index < -0.39 is 5.97 Å². The molecule has 1 aliphatic heterocycles. The molecule has 30 heavy (non-hydrogen) atoms. The molecule has 2 heterocycles. The molecule has 1 aromatic heterocycles. The lowest BCUT2D eigenvalue weighted by Crippen LogP contribution is -2.38. The predicted octanol–water partition coefficient (Wildman–Crippen LogP) is 4.37. The molecule has 0 bridgehead atoms. The quantitative estimate of drug-likeness (QED) is 0.437. The number of carbonyl (C=O) groups is 3. The monoisotopic (exact) mass is 439 g/mol. The van der Waals surface area contributed by atoms with Crippen molar-refractivity contribution in [2.24, 2.45) is 0 Å². The lowest BCUT2D eigenvalue weighted by Gasteiger charge is -2.26. The van der Waals surface area contributed by atoms with Crippen molar-refractivity contribution in [2.45, 2.75) is 13.0 Å². The van der Waals surface area contributed by atoms with Crippen molar-refractivity contribution >= 4 is 40.6 Å². The second kappa shape index (κ2) is 8.81. The Hall–Kier alpha value is -2.96. The van der Waals surface area contributed by atoms with E-state index >= 15 is 0 Å². The van der Waals surface area contributed by atoms with Crippen LogP contribution in [0.2, 0.25) is 5.02 Å². The second-order valence-electron chi connectivity index (χ2n) is 6.89. The Kier molecular flexibility index (Phi) is 5.97. The van der Waals surface area contributed by atoms with E-state index in [0.29, 0.717) is 23.7 Å². The number of benzene rings is 2. The fourth-order valence-electron chi connectivity index (χ4n) is 3.37. The summed E-state index contributed by atoms with van der Waals surface area (Å²) in [7, 11) is 0. The number of nitrogens with zero attached hydrogens (tertiary/aromatic N) is 1. The van der Waals surface area contributed by atoms with Gasteiger partial charge in [0.1, 0.15) is 0 Å². The minimum Gasteiger partial charge on any atom is -0.452 e. The Labute approximate surface area is 182 Å². The van der Waals surface area contributed by atoms with Gasteiger partial charge >= 0.3 is 5.97 Å². The molecule has 0 N–H and O–H groups in total. The summed E-state index contributed by atoms with van der Waals surface area (Å²) in [5.74, 6) is -1.26. The number of hydrogen-bond acceptors (Lipinski definition) is 5. The summed E-state index contributed by atoms with van der Waals surface area (Å²) >= 11 is 7.57. The number of thiophene rings is 1. The number of esters is 1. The molecule has 0 spiro atoms. The van der Waals surface area contributed by atoms with Crippen LogP contribution < -0.4 is 0 Å². The number of amides is 1. The molecule has 0 atom stereocenters. The fourth-order valence-corrected chi connectivity index (χ4v) is 4.39. The van der Waals surface area contributed by atoms with Crippen molar-refractivity contribution < 1.29 is 19.1 Å². The van der Waals surface area contributed by atoms with Gasteiger partial charge in [-0.15, -0.1) is 11.3 Å². The van der Waals surface area contributed by atoms with Gasteiger partial charge in [-0.25, -0.2) is 4.79 Å². The maximum atomic E-state index is 12.8. The maximum absolute atomic E-state index is 12.8. The van der Waals surface area contributed by atoms with Crippen LogP contribution in [0.5, 0.6) is 0 Å². The van der Waals surface area contributed by atoms with Crippen molar-refractivity contribution in [3.05, 3.63) is 92.1 Å². The average Bonchev–Trinajstić information content (AvgIpc) is 3.25. The van der Waals surface area contributed by atoms with Gasteiger partial charge in [-0.1, -0.05) is 29.8 Å². The number of hydrogen-bond donors (Lipinski definition) is 0. The highest BCUT2D eigenvalue weighted by molar-refractivity contribution is 7.10. The molecule has 1 amide bonds. The smallest absolute Gasteiger partial charge is 0.339 e. The van der Waals surface area contributed by atoms with E-state index in [9.17, 15) is 14.4 Å². The highest BCUT2D eigenvalue weighted by atomic mass is 35.5. The summed E-state index contributed by atoms with van der Waals surface area (Å²) in [5.41, 5.74) is 1.91. The third-order valence-electron chi connectivity index (χ3n) is 4.99. The molecule has 0 saturated carbocycles. The van der Waals surface area contributed by atoms with E-state index in [-0.39, 0.29) is 29.4 Å². The molecule has 0 fully saturated rings. The standard InChI is InChI=1S/C23H18ClNO4S/c24-17-7-5-15(6-8-17)22(27)18-3-1-2-4-19(18)23(28)29-14-21(26)25-11-9-20-16(13-25)10-12-30-20/h1-8,10,12H,9,11,13-14H2. The van der Waals surface area contributed by atoms with Gasteiger partial charge in [0, 0.05) is 34.1 Å². The van der Waals surface area contributed by atoms with Crippen LogP contribution in [0, 0.1) is 0 Å². The minimum absolute atomic E-state index is 0.129. The van der Waals surface area contributed by atoms with Crippen LogP contribution in [-0.4, -0.2) is 35.7 Å². The second-order valence-corrected chi connectivity index (χ2v) is 8.33. The first-order valence-electron chi connectivity index (χ1n) is 9.42. The van der Waals surface area contributed by atoms with Gasteiger partial charge in [-0.3, -0.25) is 9.59 Å². The van der Waals surface area contributed by atoms with Gasteiger partial charge in [0.05, 0.1) is 5.56 Å². The molecule has 2 aromatic carbocycles. The van der Waals surface area contributed by atoms with E-state index in [0.717, 1.165) is 12.0 Å². The van der Waals surface area contributed by atoms with Gasteiger partial charge in [-0.2, -0.15) is 0 Å². The number of ketones is 1. The highest BCUT2D eigenvalue weighted by Gasteiger charge is 2.24. The van der Waals surface area contributed by atoms with Crippen LogP contribution >= 0.6 is 22.9 Å². The zero-order valence-electron chi connectivity index (χ0n) is 16.0. The minimum atomic E-state index is -0.700. The largest absolute Gasteiger partial charge is 0.452 e. The molecule has 5 nitrogen and oxygen atoms in total. The zero-order chi connectivity index (χ0) is 21.1. The first-order valence-corrected chi connectivity index (χ1v) is 10.7. The van der Waals surface area contributed by atoms with Crippen LogP contribution in [0.25, 0.3) is 0 Å². The molecular weight excluding hydrogens is 422 g/mol. The predicted molar refractivity (Wildman–Crippen MR) is 115 cm³/mol. The summed E-state index contributed by atoms with van der Waals surface area (Å²) in [6, 6.07) is 14.9. The SMILES string of the molecule is O=C(OCC(=O)N1CCc2sccc2C1)c1ccccc1C(=O)c1ccc(Cl)cc1. The van der Waals surface area contributed by atoms with E-state index in [1.807, 2.05) is 11.4 Å². The van der Waals surface area contributed by atoms with Gasteiger partial charge < -0.3 is 9.64 Å². The van der Waals surface area contributed by atoms with Gasteiger partial charge in [0.25, 0.3) is 5.91 Å². The van der Waals surface area contributed by atoms with E-state index in [1.165, 1.54) is 10.9 Å². The Morgan fingerprint density at radius 1 is 1.00 bits per heavy atom. The van der Waals surface area contributed by atoms with Gasteiger partial charge in [0.15, 0.2) is 12.4 Å². The Morgan fingerprint density at radius 2 is 1.73 bits per heavy atom. The molecule has 152 valence electrons. The van der Waals surface area contributed by atoms with Crippen LogP contribution in [0.1, 0.15) is 36.7 Å². The number of fused-ring (bicyclic) bond motifs is 1. The number of carbonyl (C=O) groups excluding carboxylic acids is 3.